The van der Waals surface area contributed by atoms with E-state index >= 15 is 0 Å². The highest BCUT2D eigenvalue weighted by molar-refractivity contribution is 7.22. The second-order valence-corrected chi connectivity index (χ2v) is 7.55. The molecular formula is C19H21N3O2S. The molecule has 0 saturated carbocycles. The number of aromatic nitrogens is 1. The number of nitrogens with zero attached hydrogens (tertiary/aromatic N) is 2. The zero-order valence-electron chi connectivity index (χ0n) is 14.7. The van der Waals surface area contributed by atoms with Crippen molar-refractivity contribution in [3.05, 3.63) is 40.8 Å². The number of anilines is 2. The lowest BCUT2D eigenvalue weighted by atomic mass is 10.1. The number of hydrogen-bond acceptors (Lipinski definition) is 5. The number of benzene rings is 1. The van der Waals surface area contributed by atoms with Gasteiger partial charge in [-0.2, -0.15) is 0 Å². The van der Waals surface area contributed by atoms with Gasteiger partial charge in [-0.15, -0.1) is 0 Å². The molecule has 4 rings (SSSR count). The highest BCUT2D eigenvalue weighted by Crippen LogP contribution is 2.32. The van der Waals surface area contributed by atoms with Crippen LogP contribution in [0.1, 0.15) is 40.3 Å². The number of aryl methyl sites for hydroxylation is 2. The van der Waals surface area contributed by atoms with Crippen LogP contribution < -0.4 is 10.2 Å². The van der Waals surface area contributed by atoms with Gasteiger partial charge in [-0.3, -0.25) is 4.79 Å². The third kappa shape index (κ3) is 2.91. The van der Waals surface area contributed by atoms with Gasteiger partial charge in [0.1, 0.15) is 11.5 Å². The standard InChI is InChI=1S/C19H21N3O2S/c1-11-12(2)24-13(3)17(11)18(23)20-14-6-7-15-16(10-14)25-19(21-15)22-8-4-5-9-22/h6-7,10H,4-5,8-9H2,1-3H3,(H,20,23). The van der Waals surface area contributed by atoms with E-state index < -0.39 is 0 Å². The fourth-order valence-corrected chi connectivity index (χ4v) is 4.41. The van der Waals surface area contributed by atoms with E-state index in [9.17, 15) is 4.79 Å². The lowest BCUT2D eigenvalue weighted by molar-refractivity contribution is 0.102. The minimum Gasteiger partial charge on any atom is -0.466 e. The number of thiazole rings is 1. The van der Waals surface area contributed by atoms with Gasteiger partial charge in [0.2, 0.25) is 0 Å². The van der Waals surface area contributed by atoms with Crippen LogP contribution in [0.25, 0.3) is 10.2 Å². The number of furan rings is 1. The zero-order chi connectivity index (χ0) is 17.6. The van der Waals surface area contributed by atoms with E-state index in [2.05, 4.69) is 10.2 Å². The van der Waals surface area contributed by atoms with Crippen molar-refractivity contribution in [1.29, 1.82) is 0 Å². The monoisotopic (exact) mass is 355 g/mol. The van der Waals surface area contributed by atoms with Gasteiger partial charge in [-0.05, 0) is 51.8 Å². The summed E-state index contributed by atoms with van der Waals surface area (Å²) in [6, 6.07) is 5.88. The summed E-state index contributed by atoms with van der Waals surface area (Å²) in [6.45, 7) is 7.78. The first-order valence-electron chi connectivity index (χ1n) is 8.56. The molecule has 0 bridgehead atoms. The molecule has 1 aromatic carbocycles. The van der Waals surface area contributed by atoms with Gasteiger partial charge in [-0.25, -0.2) is 4.98 Å². The van der Waals surface area contributed by atoms with Gasteiger partial charge in [0.05, 0.1) is 15.8 Å². The largest absolute Gasteiger partial charge is 0.466 e. The molecule has 0 aliphatic carbocycles. The van der Waals surface area contributed by atoms with Crippen LogP contribution in [0.15, 0.2) is 22.6 Å². The molecule has 3 aromatic rings. The molecular weight excluding hydrogens is 334 g/mol. The Labute approximate surface area is 150 Å². The number of fused-ring (bicyclic) bond motifs is 1. The van der Waals surface area contributed by atoms with Gasteiger partial charge in [0, 0.05) is 24.3 Å². The molecule has 1 saturated heterocycles. The number of hydrogen-bond donors (Lipinski definition) is 1. The molecule has 6 heteroatoms. The van der Waals surface area contributed by atoms with Crippen LogP contribution >= 0.6 is 11.3 Å². The van der Waals surface area contributed by atoms with E-state index in [1.54, 1.807) is 11.3 Å². The van der Waals surface area contributed by atoms with Crippen LogP contribution in [-0.4, -0.2) is 24.0 Å². The summed E-state index contributed by atoms with van der Waals surface area (Å²) in [5.74, 6) is 1.31. The van der Waals surface area contributed by atoms with Crippen molar-refractivity contribution < 1.29 is 9.21 Å². The van der Waals surface area contributed by atoms with Crippen molar-refractivity contribution >= 4 is 38.3 Å². The van der Waals surface area contributed by atoms with Gasteiger partial charge >= 0.3 is 0 Å². The van der Waals surface area contributed by atoms with Crippen LogP contribution in [-0.2, 0) is 0 Å². The normalized spacial score (nSPS) is 14.4. The van der Waals surface area contributed by atoms with Crippen LogP contribution in [0.3, 0.4) is 0 Å². The molecule has 5 nitrogen and oxygen atoms in total. The Kier molecular flexibility index (Phi) is 4.00. The maximum absolute atomic E-state index is 12.6. The third-order valence-electron chi connectivity index (χ3n) is 4.80. The number of nitrogens with one attached hydrogen (secondary N) is 1. The molecule has 1 fully saturated rings. The smallest absolute Gasteiger partial charge is 0.259 e. The quantitative estimate of drug-likeness (QED) is 0.742. The van der Waals surface area contributed by atoms with E-state index in [-0.39, 0.29) is 5.91 Å². The van der Waals surface area contributed by atoms with E-state index in [1.165, 1.54) is 12.8 Å². The SMILES string of the molecule is Cc1oc(C)c(C(=O)Nc2ccc3nc(N4CCCC4)sc3c2)c1C. The highest BCUT2D eigenvalue weighted by atomic mass is 32.1. The topological polar surface area (TPSA) is 58.4 Å². The Morgan fingerprint density at radius 1 is 1.20 bits per heavy atom. The lowest BCUT2D eigenvalue weighted by Gasteiger charge is -2.11. The lowest BCUT2D eigenvalue weighted by Crippen LogP contribution is -2.16. The number of carbonyl (C=O) groups excluding carboxylic acids is 1. The van der Waals surface area contributed by atoms with E-state index in [1.807, 2.05) is 39.0 Å². The zero-order valence-corrected chi connectivity index (χ0v) is 15.5. The maximum atomic E-state index is 12.6. The van der Waals surface area contributed by atoms with Crippen molar-refractivity contribution in [3.63, 3.8) is 0 Å². The van der Waals surface area contributed by atoms with Crippen molar-refractivity contribution in [2.24, 2.45) is 0 Å². The fourth-order valence-electron chi connectivity index (χ4n) is 3.35. The van der Waals surface area contributed by atoms with E-state index in [0.29, 0.717) is 11.3 Å². The first-order chi connectivity index (χ1) is 12.0. The van der Waals surface area contributed by atoms with Crippen molar-refractivity contribution in [2.45, 2.75) is 33.6 Å². The fraction of sp³-hybridized carbons (Fsp3) is 0.368. The first kappa shape index (κ1) is 16.1. The second-order valence-electron chi connectivity index (χ2n) is 6.54. The Bertz CT molecular complexity index is 951. The molecule has 0 spiro atoms. The molecule has 3 heterocycles. The minimum absolute atomic E-state index is 0.129. The molecule has 25 heavy (non-hydrogen) atoms. The molecule has 0 atom stereocenters. The van der Waals surface area contributed by atoms with Crippen molar-refractivity contribution in [3.8, 4) is 0 Å². The van der Waals surface area contributed by atoms with Crippen molar-refractivity contribution in [1.82, 2.24) is 4.98 Å². The Hall–Kier alpha value is -2.34. The van der Waals surface area contributed by atoms with Crippen LogP contribution in [0.5, 0.6) is 0 Å². The summed E-state index contributed by atoms with van der Waals surface area (Å²) in [6.07, 6.45) is 2.47. The summed E-state index contributed by atoms with van der Waals surface area (Å²) < 4.78 is 6.65. The predicted molar refractivity (Wildman–Crippen MR) is 102 cm³/mol. The van der Waals surface area contributed by atoms with Crippen LogP contribution in [0.2, 0.25) is 0 Å². The summed E-state index contributed by atoms with van der Waals surface area (Å²) in [5.41, 5.74) is 3.29. The predicted octanol–water partition coefficient (Wildman–Crippen LogP) is 4.67. The van der Waals surface area contributed by atoms with Crippen LogP contribution in [0.4, 0.5) is 10.8 Å². The van der Waals surface area contributed by atoms with Gasteiger partial charge < -0.3 is 14.6 Å². The summed E-state index contributed by atoms with van der Waals surface area (Å²) in [7, 11) is 0. The van der Waals surface area contributed by atoms with Crippen LogP contribution in [0, 0.1) is 20.8 Å². The van der Waals surface area contributed by atoms with Gasteiger partial charge in [0.25, 0.3) is 5.91 Å². The molecule has 1 amide bonds. The number of amides is 1. The Morgan fingerprint density at radius 3 is 2.64 bits per heavy atom. The van der Waals surface area contributed by atoms with Gasteiger partial charge in [0.15, 0.2) is 5.13 Å². The first-order valence-corrected chi connectivity index (χ1v) is 9.38. The number of rotatable bonds is 3. The van der Waals surface area contributed by atoms with E-state index in [4.69, 9.17) is 9.40 Å². The molecule has 0 unspecified atom stereocenters. The molecule has 130 valence electrons. The molecule has 1 aliphatic rings. The Morgan fingerprint density at radius 2 is 1.96 bits per heavy atom. The molecule has 1 N–H and O–H groups in total. The second kappa shape index (κ2) is 6.19. The molecule has 2 aromatic heterocycles. The average molecular weight is 355 g/mol. The average Bonchev–Trinajstić information content (AvgIpc) is 3.27. The van der Waals surface area contributed by atoms with Crippen molar-refractivity contribution in [2.75, 3.05) is 23.3 Å². The summed E-state index contributed by atoms with van der Waals surface area (Å²) >= 11 is 1.69. The third-order valence-corrected chi connectivity index (χ3v) is 5.88. The van der Waals surface area contributed by atoms with Gasteiger partial charge in [-0.1, -0.05) is 11.3 Å². The molecule has 1 aliphatic heterocycles. The maximum Gasteiger partial charge on any atom is 0.259 e. The highest BCUT2D eigenvalue weighted by Gasteiger charge is 2.20. The Balaban J connectivity index is 1.60. The number of carbonyl (C=O) groups is 1. The molecule has 0 radical (unpaired) electrons. The summed E-state index contributed by atoms with van der Waals surface area (Å²) in [5, 5.41) is 4.07. The van der Waals surface area contributed by atoms with E-state index in [0.717, 1.165) is 45.4 Å². The minimum atomic E-state index is -0.129. The summed E-state index contributed by atoms with van der Waals surface area (Å²) in [4.78, 5) is 19.7.